The minimum atomic E-state index is -0.551. The molecule has 0 unspecified atom stereocenters. The molecule has 158 valence electrons. The van der Waals surface area contributed by atoms with Crippen molar-refractivity contribution in [3.05, 3.63) is 54.1 Å². The van der Waals surface area contributed by atoms with E-state index in [0.29, 0.717) is 37.4 Å². The minimum Gasteiger partial charge on any atom is -0.496 e. The predicted octanol–water partition coefficient (Wildman–Crippen LogP) is 2.71. The average molecular weight is 408 g/mol. The van der Waals surface area contributed by atoms with Crippen LogP contribution in [0.25, 0.3) is 11.1 Å². The average Bonchev–Trinajstić information content (AvgIpc) is 3.16. The molecule has 2 aromatic carbocycles. The first-order valence-corrected chi connectivity index (χ1v) is 10.4. The molecule has 1 heterocycles. The number of amides is 2. The number of nitrogens with one attached hydrogen (secondary N) is 1. The van der Waals surface area contributed by atoms with E-state index in [9.17, 15) is 14.7 Å². The van der Waals surface area contributed by atoms with Gasteiger partial charge in [-0.15, -0.1) is 0 Å². The molecule has 0 bridgehead atoms. The van der Waals surface area contributed by atoms with Gasteiger partial charge in [0.1, 0.15) is 5.75 Å². The molecule has 0 radical (unpaired) electrons. The van der Waals surface area contributed by atoms with Crippen LogP contribution in [0.5, 0.6) is 5.75 Å². The molecular formula is C24H28N2O4. The normalized spacial score (nSPS) is 25.5. The van der Waals surface area contributed by atoms with Crippen LogP contribution in [0, 0.1) is 11.8 Å². The molecule has 0 spiro atoms. The topological polar surface area (TPSA) is 78.9 Å². The Labute approximate surface area is 176 Å². The molecule has 2 fully saturated rings. The van der Waals surface area contributed by atoms with Gasteiger partial charge in [-0.3, -0.25) is 9.59 Å². The zero-order valence-corrected chi connectivity index (χ0v) is 17.4. The van der Waals surface area contributed by atoms with E-state index >= 15 is 0 Å². The maximum atomic E-state index is 13.1. The molecule has 1 aliphatic carbocycles. The first-order valence-electron chi connectivity index (χ1n) is 10.4. The molecule has 2 N–H and O–H groups in total. The lowest BCUT2D eigenvalue weighted by atomic mass is 9.77. The van der Waals surface area contributed by atoms with E-state index in [2.05, 4.69) is 5.32 Å². The van der Waals surface area contributed by atoms with E-state index in [0.717, 1.165) is 16.9 Å². The summed E-state index contributed by atoms with van der Waals surface area (Å²) in [6, 6.07) is 15.2. The van der Waals surface area contributed by atoms with E-state index in [4.69, 9.17) is 4.74 Å². The Morgan fingerprint density at radius 1 is 1.03 bits per heavy atom. The van der Waals surface area contributed by atoms with Crippen LogP contribution in [0.1, 0.15) is 30.1 Å². The summed E-state index contributed by atoms with van der Waals surface area (Å²) >= 11 is 0. The van der Waals surface area contributed by atoms with Crippen molar-refractivity contribution >= 4 is 11.8 Å². The van der Waals surface area contributed by atoms with Gasteiger partial charge in [0.05, 0.1) is 19.3 Å². The number of ether oxygens (including phenoxy) is 1. The van der Waals surface area contributed by atoms with Crippen LogP contribution in [-0.2, 0) is 4.79 Å². The predicted molar refractivity (Wildman–Crippen MR) is 114 cm³/mol. The van der Waals surface area contributed by atoms with Crippen molar-refractivity contribution in [2.75, 3.05) is 20.2 Å². The molecule has 2 amide bonds. The number of aliphatic hydroxyl groups is 1. The summed E-state index contributed by atoms with van der Waals surface area (Å²) in [4.78, 5) is 26.3. The molecule has 2 aromatic rings. The van der Waals surface area contributed by atoms with Crippen LogP contribution in [-0.4, -0.2) is 54.2 Å². The van der Waals surface area contributed by atoms with Gasteiger partial charge < -0.3 is 20.1 Å². The maximum Gasteiger partial charge on any atom is 0.253 e. The first-order chi connectivity index (χ1) is 14.5. The Balaban J connectivity index is 1.45. The summed E-state index contributed by atoms with van der Waals surface area (Å²) in [5.41, 5.74) is 2.65. The monoisotopic (exact) mass is 408 g/mol. The summed E-state index contributed by atoms with van der Waals surface area (Å²) in [7, 11) is 1.65. The van der Waals surface area contributed by atoms with Crippen molar-refractivity contribution in [1.82, 2.24) is 10.2 Å². The number of hydrogen-bond acceptors (Lipinski definition) is 4. The molecular weight excluding hydrogens is 380 g/mol. The van der Waals surface area contributed by atoms with Crippen molar-refractivity contribution in [1.29, 1.82) is 0 Å². The molecule has 4 atom stereocenters. The number of rotatable bonds is 4. The number of fused-ring (bicyclic) bond motifs is 1. The van der Waals surface area contributed by atoms with Gasteiger partial charge in [-0.2, -0.15) is 0 Å². The lowest BCUT2D eigenvalue weighted by Gasteiger charge is -2.35. The second-order valence-corrected chi connectivity index (χ2v) is 8.35. The van der Waals surface area contributed by atoms with Crippen molar-refractivity contribution in [3.8, 4) is 16.9 Å². The molecule has 1 aliphatic heterocycles. The SMILES string of the molecule is COc1ccccc1-c1ccc(C(=O)N2C[C@H]3C[C@@H](NC(C)=O)[C@H](O)C[C@H]3C2)cc1. The molecule has 1 saturated carbocycles. The number of benzene rings is 2. The van der Waals surface area contributed by atoms with Gasteiger partial charge in [-0.05, 0) is 48.4 Å². The first kappa shape index (κ1) is 20.4. The van der Waals surface area contributed by atoms with Crippen molar-refractivity contribution in [2.45, 2.75) is 31.9 Å². The fraction of sp³-hybridized carbons (Fsp3) is 0.417. The second-order valence-electron chi connectivity index (χ2n) is 8.35. The third-order valence-electron chi connectivity index (χ3n) is 6.37. The molecule has 4 rings (SSSR count). The zero-order valence-electron chi connectivity index (χ0n) is 17.4. The van der Waals surface area contributed by atoms with Crippen LogP contribution in [0.3, 0.4) is 0 Å². The molecule has 1 saturated heterocycles. The Hall–Kier alpha value is -2.86. The van der Waals surface area contributed by atoms with E-state index in [1.54, 1.807) is 7.11 Å². The van der Waals surface area contributed by atoms with Crippen molar-refractivity contribution < 1.29 is 19.4 Å². The fourth-order valence-corrected chi connectivity index (χ4v) is 4.87. The Morgan fingerprint density at radius 3 is 2.37 bits per heavy atom. The Morgan fingerprint density at radius 2 is 1.70 bits per heavy atom. The number of hydrogen-bond donors (Lipinski definition) is 2. The van der Waals surface area contributed by atoms with Crippen molar-refractivity contribution in [3.63, 3.8) is 0 Å². The molecule has 6 nitrogen and oxygen atoms in total. The summed E-state index contributed by atoms with van der Waals surface area (Å²) in [5, 5.41) is 13.2. The third kappa shape index (κ3) is 4.05. The molecule has 6 heteroatoms. The Kier molecular flexibility index (Phi) is 5.77. The van der Waals surface area contributed by atoms with Crippen LogP contribution in [0.4, 0.5) is 0 Å². The van der Waals surface area contributed by atoms with Crippen LogP contribution in [0.15, 0.2) is 48.5 Å². The molecule has 30 heavy (non-hydrogen) atoms. The van der Waals surface area contributed by atoms with Gasteiger partial charge in [-0.1, -0.05) is 30.3 Å². The number of carbonyl (C=O) groups is 2. The number of aliphatic hydroxyl groups excluding tert-OH is 1. The van der Waals surface area contributed by atoms with Gasteiger partial charge in [-0.25, -0.2) is 0 Å². The summed E-state index contributed by atoms with van der Waals surface area (Å²) < 4.78 is 5.43. The Bertz CT molecular complexity index is 927. The third-order valence-corrected chi connectivity index (χ3v) is 6.37. The highest BCUT2D eigenvalue weighted by Crippen LogP contribution is 2.37. The number of nitrogens with zero attached hydrogens (tertiary/aromatic N) is 1. The fourth-order valence-electron chi connectivity index (χ4n) is 4.87. The van der Waals surface area contributed by atoms with E-state index < -0.39 is 6.10 Å². The van der Waals surface area contributed by atoms with Crippen LogP contribution in [0.2, 0.25) is 0 Å². The maximum absolute atomic E-state index is 13.1. The lowest BCUT2D eigenvalue weighted by molar-refractivity contribution is -0.121. The number of carbonyl (C=O) groups excluding carboxylic acids is 2. The lowest BCUT2D eigenvalue weighted by Crippen LogP contribution is -2.48. The summed E-state index contributed by atoms with van der Waals surface area (Å²) in [6.45, 7) is 2.79. The molecule has 2 aliphatic rings. The number of para-hydroxylation sites is 1. The van der Waals surface area contributed by atoms with Gasteiger partial charge in [0.2, 0.25) is 5.91 Å². The van der Waals surface area contributed by atoms with Crippen LogP contribution >= 0.6 is 0 Å². The largest absolute Gasteiger partial charge is 0.496 e. The number of likely N-dealkylation sites (tertiary alicyclic amines) is 1. The van der Waals surface area contributed by atoms with E-state index in [1.807, 2.05) is 53.4 Å². The van der Waals surface area contributed by atoms with Gasteiger partial charge in [0.25, 0.3) is 5.91 Å². The highest BCUT2D eigenvalue weighted by molar-refractivity contribution is 5.95. The second kappa shape index (κ2) is 8.48. The highest BCUT2D eigenvalue weighted by atomic mass is 16.5. The van der Waals surface area contributed by atoms with Crippen LogP contribution < -0.4 is 10.1 Å². The molecule has 0 aromatic heterocycles. The minimum absolute atomic E-state index is 0.0153. The zero-order chi connectivity index (χ0) is 21.3. The quantitative estimate of drug-likeness (QED) is 0.815. The van der Waals surface area contributed by atoms with E-state index in [1.165, 1.54) is 6.92 Å². The highest BCUT2D eigenvalue weighted by Gasteiger charge is 2.43. The van der Waals surface area contributed by atoms with Gasteiger partial charge >= 0.3 is 0 Å². The van der Waals surface area contributed by atoms with E-state index in [-0.39, 0.29) is 23.8 Å². The van der Waals surface area contributed by atoms with Crippen molar-refractivity contribution in [2.24, 2.45) is 11.8 Å². The summed E-state index contributed by atoms with van der Waals surface area (Å²) in [6.07, 6.45) is 0.777. The number of methoxy groups -OCH3 is 1. The summed E-state index contributed by atoms with van der Waals surface area (Å²) in [5.74, 6) is 1.27. The van der Waals surface area contributed by atoms with Gasteiger partial charge in [0.15, 0.2) is 0 Å². The van der Waals surface area contributed by atoms with Gasteiger partial charge in [0, 0.05) is 31.1 Å². The standard InChI is InChI=1S/C24H28N2O4/c1-15(27)25-21-11-18-13-26(14-19(18)12-22(21)28)24(29)17-9-7-16(8-10-17)20-5-3-4-6-23(20)30-2/h3-10,18-19,21-22,28H,11-14H2,1-2H3,(H,25,27)/t18-,19+,21-,22-/m1/s1. The smallest absolute Gasteiger partial charge is 0.253 e.